The van der Waals surface area contributed by atoms with Crippen molar-refractivity contribution in [2.45, 2.75) is 74.5 Å². The first-order chi connectivity index (χ1) is 24.1. The quantitative estimate of drug-likeness (QED) is 0.144. The minimum atomic E-state index is 0.573. The molecule has 5 heterocycles. The zero-order chi connectivity index (χ0) is 32.9. The van der Waals surface area contributed by atoms with Gasteiger partial charge >= 0.3 is 0 Å². The van der Waals surface area contributed by atoms with Gasteiger partial charge in [0.1, 0.15) is 17.0 Å². The highest BCUT2D eigenvalue weighted by Crippen LogP contribution is 2.56. The predicted molar refractivity (Wildman–Crippen MR) is 209 cm³/mol. The number of ether oxygens (including phenoxy) is 2. The smallest absolute Gasteiger partial charge is 0.187 e. The standard InChI is InChI=1S/C42H41BrN2O2S2/c1-2-3-4-5-8-27-11-15-33(16-12-27)45-34-17-13-28(32-23-29-9-6-19-44-20-7-10-30(24-32)38(29)44)25-36(34)48-37-26-31(14-18-35(37)45)41-39-40(42(43)49-41)47-22-21-46-39/h11-18,23-26H,2-10,19-22H2,1H3. The van der Waals surface area contributed by atoms with Gasteiger partial charge < -0.3 is 19.3 Å². The van der Waals surface area contributed by atoms with Gasteiger partial charge in [0.15, 0.2) is 11.5 Å². The molecule has 4 aromatic carbocycles. The lowest BCUT2D eigenvalue weighted by Crippen LogP contribution is -2.34. The summed E-state index contributed by atoms with van der Waals surface area (Å²) in [5.41, 5.74) is 13.5. The Hall–Kier alpha value is -3.39. The van der Waals surface area contributed by atoms with Crippen LogP contribution in [0.3, 0.4) is 0 Å². The monoisotopic (exact) mass is 748 g/mol. The van der Waals surface area contributed by atoms with E-state index in [-0.39, 0.29) is 0 Å². The summed E-state index contributed by atoms with van der Waals surface area (Å²) in [4.78, 5) is 8.74. The van der Waals surface area contributed by atoms with E-state index < -0.39 is 0 Å². The minimum absolute atomic E-state index is 0.573. The summed E-state index contributed by atoms with van der Waals surface area (Å²) in [6.07, 6.45) is 11.2. The van der Waals surface area contributed by atoms with E-state index >= 15 is 0 Å². The van der Waals surface area contributed by atoms with Crippen molar-refractivity contribution < 1.29 is 9.47 Å². The van der Waals surface area contributed by atoms with Crippen LogP contribution in [0.25, 0.3) is 21.6 Å². The van der Waals surface area contributed by atoms with E-state index in [0.717, 1.165) is 32.1 Å². The van der Waals surface area contributed by atoms with Crippen LogP contribution in [0.1, 0.15) is 62.1 Å². The molecule has 0 saturated heterocycles. The fraction of sp³-hybridized carbons (Fsp3) is 0.333. The van der Waals surface area contributed by atoms with Crippen molar-refractivity contribution in [3.63, 3.8) is 0 Å². The van der Waals surface area contributed by atoms with Gasteiger partial charge in [-0.2, -0.15) is 0 Å². The molecule has 4 aliphatic rings. The number of hydrogen-bond donors (Lipinski definition) is 0. The molecule has 0 fully saturated rings. The molecule has 4 nitrogen and oxygen atoms in total. The molecule has 4 aliphatic heterocycles. The van der Waals surface area contributed by atoms with Crippen LogP contribution < -0.4 is 19.3 Å². The highest BCUT2D eigenvalue weighted by Gasteiger charge is 2.30. The maximum atomic E-state index is 6.14. The Kier molecular flexibility index (Phi) is 8.63. The number of halogens is 1. The molecule has 0 N–H and O–H groups in total. The minimum Gasteiger partial charge on any atom is -0.485 e. The second kappa shape index (κ2) is 13.4. The van der Waals surface area contributed by atoms with E-state index in [0.29, 0.717) is 13.2 Å². The SMILES string of the molecule is CCCCCCc1ccc(N2c3ccc(-c4cc5c6c(c4)CCCN6CCC5)cc3Sc3cc(-c4sc(Br)c5c4OCCO5)ccc32)cc1. The van der Waals surface area contributed by atoms with Crippen molar-refractivity contribution in [3.05, 3.63) is 93.3 Å². The van der Waals surface area contributed by atoms with Gasteiger partial charge in [0.2, 0.25) is 0 Å². The van der Waals surface area contributed by atoms with Crippen molar-refractivity contribution in [2.75, 3.05) is 36.1 Å². The van der Waals surface area contributed by atoms with Crippen LogP contribution in [-0.2, 0) is 19.3 Å². The zero-order valence-corrected chi connectivity index (χ0v) is 31.2. The van der Waals surface area contributed by atoms with Crippen molar-refractivity contribution in [1.29, 1.82) is 0 Å². The van der Waals surface area contributed by atoms with Gasteiger partial charge in [-0.15, -0.1) is 11.3 Å². The van der Waals surface area contributed by atoms with E-state index in [1.807, 2.05) is 11.8 Å². The molecule has 0 spiro atoms. The molecule has 250 valence electrons. The van der Waals surface area contributed by atoms with Crippen LogP contribution in [0.5, 0.6) is 11.5 Å². The first kappa shape index (κ1) is 31.6. The molecule has 0 radical (unpaired) electrons. The topological polar surface area (TPSA) is 24.9 Å². The average Bonchev–Trinajstić information content (AvgIpc) is 3.48. The van der Waals surface area contributed by atoms with Gasteiger partial charge in [-0.05, 0) is 136 Å². The Bertz CT molecular complexity index is 2010. The summed E-state index contributed by atoms with van der Waals surface area (Å²) in [6, 6.07) is 28.3. The third kappa shape index (κ3) is 5.86. The molecule has 0 unspecified atom stereocenters. The predicted octanol–water partition coefficient (Wildman–Crippen LogP) is 12.4. The maximum absolute atomic E-state index is 6.14. The van der Waals surface area contributed by atoms with Gasteiger partial charge in [-0.3, -0.25) is 0 Å². The largest absolute Gasteiger partial charge is 0.485 e. The Morgan fingerprint density at radius 1 is 0.714 bits per heavy atom. The maximum Gasteiger partial charge on any atom is 0.187 e. The van der Waals surface area contributed by atoms with Crippen LogP contribution in [0, 0.1) is 0 Å². The average molecular weight is 750 g/mol. The second-order valence-corrected chi connectivity index (χ2v) is 17.1. The normalized spacial score (nSPS) is 15.9. The summed E-state index contributed by atoms with van der Waals surface area (Å²) >= 11 is 7.30. The van der Waals surface area contributed by atoms with Gasteiger partial charge in [-0.25, -0.2) is 0 Å². The number of hydrogen-bond acceptors (Lipinski definition) is 6. The van der Waals surface area contributed by atoms with Crippen molar-refractivity contribution in [3.8, 4) is 33.1 Å². The summed E-state index contributed by atoms with van der Waals surface area (Å²) in [7, 11) is 0. The summed E-state index contributed by atoms with van der Waals surface area (Å²) < 4.78 is 13.1. The summed E-state index contributed by atoms with van der Waals surface area (Å²) in [6.45, 7) is 5.84. The molecule has 0 bridgehead atoms. The number of aryl methyl sites for hydroxylation is 3. The first-order valence-electron chi connectivity index (χ1n) is 18.0. The molecule has 0 atom stereocenters. The van der Waals surface area contributed by atoms with Gasteiger partial charge in [-0.1, -0.05) is 62.2 Å². The lowest BCUT2D eigenvalue weighted by molar-refractivity contribution is 0.173. The highest BCUT2D eigenvalue weighted by molar-refractivity contribution is 9.11. The fourth-order valence-electron chi connectivity index (χ4n) is 8.05. The lowest BCUT2D eigenvalue weighted by atomic mass is 9.88. The molecule has 9 rings (SSSR count). The molecule has 0 amide bonds. The number of anilines is 4. The Balaban J connectivity index is 1.12. The van der Waals surface area contributed by atoms with Crippen LogP contribution in [0.4, 0.5) is 22.7 Å². The third-order valence-electron chi connectivity index (χ3n) is 10.4. The zero-order valence-electron chi connectivity index (χ0n) is 28.0. The Morgan fingerprint density at radius 2 is 1.39 bits per heavy atom. The second-order valence-electron chi connectivity index (χ2n) is 13.7. The summed E-state index contributed by atoms with van der Waals surface area (Å²) in [5.74, 6) is 1.68. The van der Waals surface area contributed by atoms with Crippen LogP contribution in [-0.4, -0.2) is 26.3 Å². The van der Waals surface area contributed by atoms with Crippen molar-refractivity contribution in [1.82, 2.24) is 0 Å². The van der Waals surface area contributed by atoms with Gasteiger partial charge in [0, 0.05) is 34.3 Å². The molecular formula is C42H41BrN2O2S2. The molecule has 5 aromatic rings. The van der Waals surface area contributed by atoms with E-state index in [1.165, 1.54) is 125 Å². The van der Waals surface area contributed by atoms with E-state index in [2.05, 4.69) is 105 Å². The molecular weight excluding hydrogens is 709 g/mol. The molecule has 0 saturated carbocycles. The van der Waals surface area contributed by atoms with Gasteiger partial charge in [0.25, 0.3) is 0 Å². The van der Waals surface area contributed by atoms with Crippen LogP contribution >= 0.6 is 39.0 Å². The van der Waals surface area contributed by atoms with E-state index in [4.69, 9.17) is 9.47 Å². The number of benzene rings is 4. The molecule has 0 aliphatic carbocycles. The molecule has 1 aromatic heterocycles. The van der Waals surface area contributed by atoms with E-state index in [1.54, 1.807) is 11.3 Å². The van der Waals surface area contributed by atoms with Crippen molar-refractivity contribution >= 4 is 61.8 Å². The summed E-state index contributed by atoms with van der Waals surface area (Å²) in [5, 5.41) is 0. The van der Waals surface area contributed by atoms with Gasteiger partial charge in [0.05, 0.1) is 16.3 Å². The Morgan fingerprint density at radius 3 is 2.10 bits per heavy atom. The molecule has 49 heavy (non-hydrogen) atoms. The van der Waals surface area contributed by atoms with E-state index in [9.17, 15) is 0 Å². The number of fused-ring (bicyclic) bond motifs is 3. The number of unbranched alkanes of at least 4 members (excludes halogenated alkanes) is 3. The lowest BCUT2D eigenvalue weighted by Gasteiger charge is -2.37. The van der Waals surface area contributed by atoms with Crippen molar-refractivity contribution in [2.24, 2.45) is 0 Å². The highest BCUT2D eigenvalue weighted by atomic mass is 79.9. The molecule has 7 heteroatoms. The number of rotatable bonds is 8. The fourth-order valence-corrected chi connectivity index (χ4v) is 10.9. The Labute approximate surface area is 306 Å². The number of nitrogens with zero attached hydrogens (tertiary/aromatic N) is 2. The first-order valence-corrected chi connectivity index (χ1v) is 20.4. The van der Waals surface area contributed by atoms with Crippen LogP contribution in [0.15, 0.2) is 86.4 Å². The van der Waals surface area contributed by atoms with Crippen LogP contribution in [0.2, 0.25) is 0 Å². The third-order valence-corrected chi connectivity index (χ3v) is 13.4. The number of thiophene rings is 1.